The first-order chi connectivity index (χ1) is 14.2. The van der Waals surface area contributed by atoms with Crippen LogP contribution in [0.1, 0.15) is 25.3 Å². The molecular formula is C21H26N6O2. The zero-order valence-electron chi connectivity index (χ0n) is 16.6. The molecule has 8 nitrogen and oxygen atoms in total. The van der Waals surface area contributed by atoms with Crippen LogP contribution in [0.15, 0.2) is 42.6 Å². The number of pyridine rings is 1. The van der Waals surface area contributed by atoms with Crippen LogP contribution in [0.25, 0.3) is 11.5 Å². The predicted molar refractivity (Wildman–Crippen MR) is 108 cm³/mol. The van der Waals surface area contributed by atoms with Crippen molar-refractivity contribution in [3.8, 4) is 23.0 Å². The van der Waals surface area contributed by atoms with Gasteiger partial charge in [-0.05, 0) is 67.3 Å². The Balaban J connectivity index is 1.36. The van der Waals surface area contributed by atoms with Gasteiger partial charge in [-0.2, -0.15) is 4.80 Å². The second-order valence-electron chi connectivity index (χ2n) is 7.36. The summed E-state index contributed by atoms with van der Waals surface area (Å²) in [6, 6.07) is 11.3. The molecular weight excluding hydrogens is 368 g/mol. The Morgan fingerprint density at radius 1 is 1.24 bits per heavy atom. The SMILES string of the molecule is CCOc1cc(CN2CCC[C@H](Cn3nnc(-c4ccccn4)n3)C2)ccc1O. The van der Waals surface area contributed by atoms with E-state index in [-0.39, 0.29) is 5.75 Å². The smallest absolute Gasteiger partial charge is 0.223 e. The van der Waals surface area contributed by atoms with Gasteiger partial charge in [-0.25, -0.2) is 0 Å². The summed E-state index contributed by atoms with van der Waals surface area (Å²) >= 11 is 0. The van der Waals surface area contributed by atoms with E-state index in [0.29, 0.717) is 24.1 Å². The molecule has 3 heterocycles. The van der Waals surface area contributed by atoms with Gasteiger partial charge in [0.05, 0.1) is 13.2 Å². The van der Waals surface area contributed by atoms with Crippen molar-refractivity contribution in [1.29, 1.82) is 0 Å². The number of aromatic nitrogens is 5. The molecule has 1 aliphatic rings. The predicted octanol–water partition coefficient (Wildman–Crippen LogP) is 2.75. The Bertz CT molecular complexity index is 930. The zero-order valence-corrected chi connectivity index (χ0v) is 16.6. The first-order valence-corrected chi connectivity index (χ1v) is 10.1. The van der Waals surface area contributed by atoms with Crippen LogP contribution in [0, 0.1) is 5.92 Å². The number of hydrogen-bond acceptors (Lipinski definition) is 7. The molecule has 1 aromatic carbocycles. The molecule has 0 spiro atoms. The Labute approximate surface area is 170 Å². The van der Waals surface area contributed by atoms with E-state index in [2.05, 4.69) is 25.3 Å². The summed E-state index contributed by atoms with van der Waals surface area (Å²) in [6.07, 6.45) is 4.02. The van der Waals surface area contributed by atoms with E-state index in [9.17, 15) is 5.11 Å². The molecule has 29 heavy (non-hydrogen) atoms. The standard InChI is InChI=1S/C21H26N6O2/c1-2-29-20-12-16(8-9-19(20)28)13-26-11-5-6-17(14-26)15-27-24-21(23-25-27)18-7-3-4-10-22-18/h3-4,7-10,12,17,28H,2,5-6,11,13-15H2,1H3/t17-/m0/s1. The van der Waals surface area contributed by atoms with Crippen molar-refractivity contribution in [2.24, 2.45) is 5.92 Å². The monoisotopic (exact) mass is 394 g/mol. The molecule has 0 unspecified atom stereocenters. The van der Waals surface area contributed by atoms with Crippen molar-refractivity contribution in [2.45, 2.75) is 32.9 Å². The maximum atomic E-state index is 9.90. The number of ether oxygens (including phenoxy) is 1. The lowest BCUT2D eigenvalue weighted by Gasteiger charge is -2.32. The third-order valence-corrected chi connectivity index (χ3v) is 5.10. The number of phenolic OH excluding ortho intramolecular Hbond substituents is 1. The van der Waals surface area contributed by atoms with Crippen LogP contribution in [0.4, 0.5) is 0 Å². The third-order valence-electron chi connectivity index (χ3n) is 5.10. The molecule has 1 N–H and O–H groups in total. The maximum Gasteiger partial charge on any atom is 0.223 e. The molecule has 152 valence electrons. The number of rotatable bonds is 7. The van der Waals surface area contributed by atoms with Gasteiger partial charge in [0, 0.05) is 19.3 Å². The molecule has 2 aromatic heterocycles. The minimum Gasteiger partial charge on any atom is -0.504 e. The highest BCUT2D eigenvalue weighted by atomic mass is 16.5. The Kier molecular flexibility index (Phi) is 6.00. The van der Waals surface area contributed by atoms with E-state index in [1.165, 1.54) is 0 Å². The zero-order chi connectivity index (χ0) is 20.1. The van der Waals surface area contributed by atoms with Gasteiger partial charge in [0.25, 0.3) is 0 Å². The lowest BCUT2D eigenvalue weighted by atomic mass is 9.97. The number of phenols is 1. The van der Waals surface area contributed by atoms with Gasteiger partial charge in [0.2, 0.25) is 5.82 Å². The van der Waals surface area contributed by atoms with Gasteiger partial charge >= 0.3 is 0 Å². The molecule has 1 aliphatic heterocycles. The number of aromatic hydroxyl groups is 1. The fourth-order valence-electron chi connectivity index (χ4n) is 3.78. The van der Waals surface area contributed by atoms with Gasteiger partial charge < -0.3 is 9.84 Å². The minimum atomic E-state index is 0.188. The summed E-state index contributed by atoms with van der Waals surface area (Å²) in [5, 5.41) is 22.7. The summed E-state index contributed by atoms with van der Waals surface area (Å²) in [7, 11) is 0. The highest BCUT2D eigenvalue weighted by molar-refractivity contribution is 5.46. The van der Waals surface area contributed by atoms with Crippen LogP contribution in [0.2, 0.25) is 0 Å². The van der Waals surface area contributed by atoms with E-state index < -0.39 is 0 Å². The number of tetrazole rings is 1. The number of benzene rings is 1. The second-order valence-corrected chi connectivity index (χ2v) is 7.36. The van der Waals surface area contributed by atoms with Gasteiger partial charge in [0.15, 0.2) is 11.5 Å². The van der Waals surface area contributed by atoms with Crippen molar-refractivity contribution in [3.05, 3.63) is 48.2 Å². The summed E-state index contributed by atoms with van der Waals surface area (Å²) in [5.74, 6) is 1.77. The van der Waals surface area contributed by atoms with Crippen LogP contribution in [-0.2, 0) is 13.1 Å². The number of likely N-dealkylation sites (tertiary alicyclic amines) is 1. The number of nitrogens with zero attached hydrogens (tertiary/aromatic N) is 6. The Morgan fingerprint density at radius 3 is 3.00 bits per heavy atom. The van der Waals surface area contributed by atoms with Crippen molar-refractivity contribution < 1.29 is 9.84 Å². The minimum absolute atomic E-state index is 0.188. The van der Waals surface area contributed by atoms with E-state index in [1.807, 2.05) is 37.3 Å². The quantitative estimate of drug-likeness (QED) is 0.659. The molecule has 1 saturated heterocycles. The maximum absolute atomic E-state index is 9.90. The fourth-order valence-corrected chi connectivity index (χ4v) is 3.78. The molecule has 0 saturated carbocycles. The lowest BCUT2D eigenvalue weighted by Crippen LogP contribution is -2.36. The molecule has 4 rings (SSSR count). The molecule has 0 radical (unpaired) electrons. The Hall–Kier alpha value is -3.00. The third kappa shape index (κ3) is 4.89. The number of hydrogen-bond donors (Lipinski definition) is 1. The average molecular weight is 394 g/mol. The first-order valence-electron chi connectivity index (χ1n) is 10.1. The van der Waals surface area contributed by atoms with Crippen LogP contribution in [0.5, 0.6) is 11.5 Å². The van der Waals surface area contributed by atoms with E-state index in [1.54, 1.807) is 17.1 Å². The molecule has 8 heteroatoms. The molecule has 1 atom stereocenters. The highest BCUT2D eigenvalue weighted by Crippen LogP contribution is 2.28. The van der Waals surface area contributed by atoms with Crippen molar-refractivity contribution in [1.82, 2.24) is 30.1 Å². The summed E-state index contributed by atoms with van der Waals surface area (Å²) in [4.78, 5) is 8.40. The molecule has 0 amide bonds. The van der Waals surface area contributed by atoms with Crippen molar-refractivity contribution in [3.63, 3.8) is 0 Å². The molecule has 0 bridgehead atoms. The van der Waals surface area contributed by atoms with E-state index in [4.69, 9.17) is 4.74 Å². The Morgan fingerprint density at radius 2 is 2.17 bits per heavy atom. The van der Waals surface area contributed by atoms with Crippen LogP contribution < -0.4 is 4.74 Å². The van der Waals surface area contributed by atoms with E-state index in [0.717, 1.165) is 50.3 Å². The summed E-state index contributed by atoms with van der Waals surface area (Å²) < 4.78 is 5.50. The van der Waals surface area contributed by atoms with Crippen LogP contribution >= 0.6 is 0 Å². The van der Waals surface area contributed by atoms with Gasteiger partial charge in [0.1, 0.15) is 5.69 Å². The molecule has 0 aliphatic carbocycles. The van der Waals surface area contributed by atoms with Crippen molar-refractivity contribution >= 4 is 0 Å². The normalized spacial score (nSPS) is 17.3. The molecule has 1 fully saturated rings. The summed E-state index contributed by atoms with van der Waals surface area (Å²) in [6.45, 7) is 6.07. The average Bonchev–Trinajstić information content (AvgIpc) is 3.20. The number of piperidine rings is 1. The van der Waals surface area contributed by atoms with E-state index >= 15 is 0 Å². The highest BCUT2D eigenvalue weighted by Gasteiger charge is 2.22. The van der Waals surface area contributed by atoms with Gasteiger partial charge in [-0.3, -0.25) is 9.88 Å². The fraction of sp³-hybridized carbons (Fsp3) is 0.429. The van der Waals surface area contributed by atoms with Gasteiger partial charge in [-0.1, -0.05) is 12.1 Å². The lowest BCUT2D eigenvalue weighted by molar-refractivity contribution is 0.149. The molecule has 3 aromatic rings. The second kappa shape index (κ2) is 9.00. The topological polar surface area (TPSA) is 89.2 Å². The van der Waals surface area contributed by atoms with Crippen LogP contribution in [0.3, 0.4) is 0 Å². The first kappa shape index (κ1) is 19.3. The van der Waals surface area contributed by atoms with Crippen molar-refractivity contribution in [2.75, 3.05) is 19.7 Å². The summed E-state index contributed by atoms with van der Waals surface area (Å²) in [5.41, 5.74) is 1.88. The largest absolute Gasteiger partial charge is 0.504 e. The van der Waals surface area contributed by atoms with Gasteiger partial charge in [-0.15, -0.1) is 10.2 Å². The van der Waals surface area contributed by atoms with Crippen LogP contribution in [-0.4, -0.2) is 54.9 Å².